The molecule has 0 saturated carbocycles. The van der Waals surface area contributed by atoms with Crippen molar-refractivity contribution in [1.29, 1.82) is 5.26 Å². The van der Waals surface area contributed by atoms with Crippen molar-refractivity contribution < 1.29 is 23.9 Å². The average molecular weight is 507 g/mol. The molecule has 1 atom stereocenters. The summed E-state index contributed by atoms with van der Waals surface area (Å²) in [5, 5.41) is 15.1. The van der Waals surface area contributed by atoms with Gasteiger partial charge in [0, 0.05) is 13.1 Å². The summed E-state index contributed by atoms with van der Waals surface area (Å²) in [6, 6.07) is 16.6. The molecule has 4 rings (SSSR count). The third-order valence-corrected chi connectivity index (χ3v) is 6.49. The van der Waals surface area contributed by atoms with Crippen molar-refractivity contribution >= 4 is 17.8 Å². The van der Waals surface area contributed by atoms with Gasteiger partial charge in [0.1, 0.15) is 19.3 Å². The van der Waals surface area contributed by atoms with Gasteiger partial charge in [-0.05, 0) is 29.7 Å². The van der Waals surface area contributed by atoms with Crippen molar-refractivity contribution in [3.05, 3.63) is 59.7 Å². The predicted molar refractivity (Wildman–Crippen MR) is 133 cm³/mol. The number of urea groups is 1. The van der Waals surface area contributed by atoms with Crippen LogP contribution >= 0.6 is 0 Å². The van der Waals surface area contributed by atoms with Crippen molar-refractivity contribution in [1.82, 2.24) is 25.1 Å². The van der Waals surface area contributed by atoms with Crippen LogP contribution in [0.2, 0.25) is 0 Å². The second kappa shape index (κ2) is 11.6. The van der Waals surface area contributed by atoms with E-state index in [1.807, 2.05) is 54.6 Å². The van der Waals surface area contributed by atoms with Gasteiger partial charge >= 0.3 is 6.03 Å². The molecule has 0 bridgehead atoms. The topological polar surface area (TPSA) is 118 Å². The maximum Gasteiger partial charge on any atom is 0.334 e. The lowest BCUT2D eigenvalue weighted by Crippen LogP contribution is -2.74. The smallest absolute Gasteiger partial charge is 0.334 e. The van der Waals surface area contributed by atoms with Gasteiger partial charge in [0.2, 0.25) is 11.8 Å². The monoisotopic (exact) mass is 506 g/mol. The summed E-state index contributed by atoms with van der Waals surface area (Å²) >= 11 is 0. The molecule has 1 N–H and O–H groups in total. The number of nitriles is 1. The zero-order chi connectivity index (χ0) is 26.4. The molecule has 4 amide bonds. The molecule has 2 fully saturated rings. The van der Waals surface area contributed by atoms with E-state index in [2.05, 4.69) is 5.32 Å². The molecule has 2 aliphatic rings. The number of nitrogens with one attached hydrogen (secondary N) is 1. The van der Waals surface area contributed by atoms with Gasteiger partial charge in [-0.25, -0.2) is 9.80 Å². The second-order valence-electron chi connectivity index (χ2n) is 8.75. The Labute approximate surface area is 215 Å². The number of methoxy groups -OCH3 is 2. The van der Waals surface area contributed by atoms with E-state index < -0.39 is 12.2 Å². The summed E-state index contributed by atoms with van der Waals surface area (Å²) in [7, 11) is 3.13. The van der Waals surface area contributed by atoms with Crippen LogP contribution in [0.25, 0.3) is 0 Å². The highest BCUT2D eigenvalue weighted by Crippen LogP contribution is 2.28. The lowest BCUT2D eigenvalue weighted by atomic mass is 10.1. The largest absolute Gasteiger partial charge is 0.493 e. The number of hydrazine groups is 1. The van der Waals surface area contributed by atoms with E-state index in [1.165, 1.54) is 14.9 Å². The summed E-state index contributed by atoms with van der Waals surface area (Å²) in [5.41, 5.74) is 1.87. The van der Waals surface area contributed by atoms with Crippen LogP contribution in [-0.4, -0.2) is 90.8 Å². The van der Waals surface area contributed by atoms with E-state index in [9.17, 15) is 19.6 Å². The van der Waals surface area contributed by atoms with Crippen LogP contribution < -0.4 is 14.8 Å². The van der Waals surface area contributed by atoms with Crippen LogP contribution in [0.5, 0.6) is 11.5 Å². The van der Waals surface area contributed by atoms with Gasteiger partial charge in [0.15, 0.2) is 11.5 Å². The first kappa shape index (κ1) is 25.8. The minimum absolute atomic E-state index is 0.127. The predicted octanol–water partition coefficient (Wildman–Crippen LogP) is 1.21. The SMILES string of the molecule is COc1ccc(CCN2CC3N(CC2=O)C(=O)CN(CC#N)N3C(=O)NCc2ccccc2)cc1OC. The fourth-order valence-electron chi connectivity index (χ4n) is 4.57. The number of amides is 4. The zero-order valence-electron chi connectivity index (χ0n) is 20.9. The van der Waals surface area contributed by atoms with Crippen molar-refractivity contribution in [2.24, 2.45) is 0 Å². The van der Waals surface area contributed by atoms with Crippen LogP contribution in [0.3, 0.4) is 0 Å². The van der Waals surface area contributed by atoms with E-state index in [0.29, 0.717) is 31.0 Å². The highest BCUT2D eigenvalue weighted by molar-refractivity contribution is 5.89. The first-order valence-electron chi connectivity index (χ1n) is 12.0. The third kappa shape index (κ3) is 5.76. The number of piperazine rings is 1. The van der Waals surface area contributed by atoms with Crippen LogP contribution in [0.1, 0.15) is 11.1 Å². The average Bonchev–Trinajstić information content (AvgIpc) is 2.91. The van der Waals surface area contributed by atoms with Crippen molar-refractivity contribution in [2.75, 3.05) is 46.9 Å². The summed E-state index contributed by atoms with van der Waals surface area (Å²) in [4.78, 5) is 42.2. The Morgan fingerprint density at radius 3 is 2.49 bits per heavy atom. The Bertz CT molecular complexity index is 1180. The summed E-state index contributed by atoms with van der Waals surface area (Å²) < 4.78 is 10.7. The first-order chi connectivity index (χ1) is 17.9. The minimum atomic E-state index is -0.714. The van der Waals surface area contributed by atoms with Crippen LogP contribution in [0.15, 0.2) is 48.5 Å². The number of benzene rings is 2. The fraction of sp³-hybridized carbons (Fsp3) is 0.385. The molecule has 11 heteroatoms. The molecule has 194 valence electrons. The van der Waals surface area contributed by atoms with Gasteiger partial charge in [0.05, 0.1) is 33.4 Å². The number of rotatable bonds is 8. The summed E-state index contributed by atoms with van der Waals surface area (Å²) in [5.74, 6) is 0.734. The number of ether oxygens (including phenoxy) is 2. The Balaban J connectivity index is 1.50. The van der Waals surface area contributed by atoms with E-state index >= 15 is 0 Å². The molecule has 0 spiro atoms. The first-order valence-corrected chi connectivity index (χ1v) is 12.0. The number of fused-ring (bicyclic) bond motifs is 1. The minimum Gasteiger partial charge on any atom is -0.493 e. The van der Waals surface area contributed by atoms with Gasteiger partial charge in [-0.1, -0.05) is 36.4 Å². The molecule has 0 radical (unpaired) electrons. The Hall–Kier alpha value is -4.30. The van der Waals surface area contributed by atoms with E-state index in [0.717, 1.165) is 11.1 Å². The molecule has 2 saturated heterocycles. The molecule has 2 aromatic rings. The number of carbonyl (C=O) groups excluding carboxylic acids is 3. The molecule has 0 aliphatic carbocycles. The van der Waals surface area contributed by atoms with Crippen LogP contribution in [0, 0.1) is 11.3 Å². The maximum atomic E-state index is 13.3. The Morgan fingerprint density at radius 2 is 1.78 bits per heavy atom. The highest BCUT2D eigenvalue weighted by atomic mass is 16.5. The number of nitrogens with zero attached hydrogens (tertiary/aromatic N) is 5. The quantitative estimate of drug-likeness (QED) is 0.535. The van der Waals surface area contributed by atoms with E-state index in [-0.39, 0.29) is 38.0 Å². The normalized spacial score (nSPS) is 17.8. The fourth-order valence-corrected chi connectivity index (χ4v) is 4.57. The molecule has 2 heterocycles. The molecule has 37 heavy (non-hydrogen) atoms. The van der Waals surface area contributed by atoms with Crippen molar-refractivity contribution in [3.8, 4) is 17.6 Å². The number of hydrogen-bond acceptors (Lipinski definition) is 7. The van der Waals surface area contributed by atoms with Gasteiger partial charge in [0.25, 0.3) is 0 Å². The van der Waals surface area contributed by atoms with Gasteiger partial charge in [-0.2, -0.15) is 10.3 Å². The van der Waals surface area contributed by atoms with Gasteiger partial charge in [-0.3, -0.25) is 9.59 Å². The van der Waals surface area contributed by atoms with Crippen LogP contribution in [-0.2, 0) is 22.6 Å². The molecule has 2 aromatic carbocycles. The Kier molecular flexibility index (Phi) is 8.10. The van der Waals surface area contributed by atoms with Crippen LogP contribution in [0.4, 0.5) is 4.79 Å². The number of carbonyl (C=O) groups is 3. The summed E-state index contributed by atoms with van der Waals surface area (Å²) in [6.45, 7) is 0.413. The molecule has 2 aliphatic heterocycles. The molecule has 11 nitrogen and oxygen atoms in total. The molecule has 0 aromatic heterocycles. The molecule has 1 unspecified atom stereocenters. The van der Waals surface area contributed by atoms with Gasteiger partial charge < -0.3 is 24.6 Å². The third-order valence-electron chi connectivity index (χ3n) is 6.49. The van der Waals surface area contributed by atoms with E-state index in [4.69, 9.17) is 9.47 Å². The van der Waals surface area contributed by atoms with E-state index in [1.54, 1.807) is 19.1 Å². The molecular weight excluding hydrogens is 476 g/mol. The maximum absolute atomic E-state index is 13.3. The zero-order valence-corrected chi connectivity index (χ0v) is 20.9. The van der Waals surface area contributed by atoms with Crippen molar-refractivity contribution in [3.63, 3.8) is 0 Å². The van der Waals surface area contributed by atoms with Gasteiger partial charge in [-0.15, -0.1) is 0 Å². The number of hydrogen-bond donors (Lipinski definition) is 1. The van der Waals surface area contributed by atoms with Crippen molar-refractivity contribution in [2.45, 2.75) is 19.1 Å². The lowest BCUT2D eigenvalue weighted by Gasteiger charge is -2.51. The highest BCUT2D eigenvalue weighted by Gasteiger charge is 2.46. The Morgan fingerprint density at radius 1 is 1.03 bits per heavy atom. The standard InChI is InChI=1S/C26H30N6O5/c1-36-21-9-8-19(14-22(21)37-2)10-12-29-16-23-31(18-24(29)33)25(34)17-30(13-11-27)32(23)26(35)28-15-20-6-4-3-5-7-20/h3-9,14,23H,10,12-13,15-18H2,1-2H3,(H,28,35). The second-order valence-corrected chi connectivity index (χ2v) is 8.75. The molecular formula is C26H30N6O5. The lowest BCUT2D eigenvalue weighted by molar-refractivity contribution is -0.180. The summed E-state index contributed by atoms with van der Waals surface area (Å²) in [6.07, 6.45) is -0.164.